The lowest BCUT2D eigenvalue weighted by Gasteiger charge is -2.15. The Balaban J connectivity index is 0.00000364. The van der Waals surface area contributed by atoms with Crippen LogP contribution in [0.15, 0.2) is 48.5 Å². The second-order valence-corrected chi connectivity index (χ2v) is 7.48. The van der Waals surface area contributed by atoms with Gasteiger partial charge in [0, 0.05) is 5.56 Å². The number of halogens is 4. The molecule has 0 unspecified atom stereocenters. The molecule has 0 amide bonds. The minimum atomic E-state index is -5.72. The summed E-state index contributed by atoms with van der Waals surface area (Å²) in [5.41, 5.74) is -3.52. The highest BCUT2D eigenvalue weighted by molar-refractivity contribution is 14.0. The van der Waals surface area contributed by atoms with Gasteiger partial charge in [0.25, 0.3) is 0 Å². The van der Waals surface area contributed by atoms with E-state index in [1.165, 1.54) is 12.1 Å². The van der Waals surface area contributed by atoms with Gasteiger partial charge in [-0.1, -0.05) is 68.7 Å². The quantitative estimate of drug-likeness (QED) is 0.179. The zero-order chi connectivity index (χ0) is 19.2. The van der Waals surface area contributed by atoms with Crippen molar-refractivity contribution in [3.05, 3.63) is 54.1 Å². The summed E-state index contributed by atoms with van der Waals surface area (Å²) in [4.78, 5) is 0. The predicted octanol–water partition coefficient (Wildman–Crippen LogP) is 6.32. The molecule has 0 spiro atoms. The van der Waals surface area contributed by atoms with Gasteiger partial charge in [-0.3, -0.25) is 0 Å². The topological polar surface area (TPSA) is 43.4 Å². The maximum atomic E-state index is 12.7. The molecule has 0 aliphatic carbocycles. The molecule has 2 aromatic carbocycles. The Morgan fingerprint density at radius 1 is 0.889 bits per heavy atom. The third-order valence-electron chi connectivity index (χ3n) is 3.98. The Bertz CT molecular complexity index is 836. The zero-order valence-corrected chi connectivity index (χ0v) is 18.0. The monoisotopic (exact) mass is 514 g/mol. The van der Waals surface area contributed by atoms with Gasteiger partial charge in [-0.25, -0.2) is 0 Å². The summed E-state index contributed by atoms with van der Waals surface area (Å²) in [7, 11) is -5.72. The molecule has 0 aliphatic rings. The summed E-state index contributed by atoms with van der Waals surface area (Å²) in [6.07, 6.45) is 5.00. The van der Waals surface area contributed by atoms with Gasteiger partial charge in [0.1, 0.15) is 0 Å². The molecule has 0 atom stereocenters. The summed E-state index contributed by atoms with van der Waals surface area (Å²) in [5.74, 6) is -0.328. The van der Waals surface area contributed by atoms with Gasteiger partial charge in [0.05, 0.1) is 0 Å². The van der Waals surface area contributed by atoms with E-state index < -0.39 is 15.6 Å². The fraction of sp³-hybridized carbons (Fsp3) is 0.368. The first-order valence-corrected chi connectivity index (χ1v) is 9.85. The molecule has 3 nitrogen and oxygen atoms in total. The van der Waals surface area contributed by atoms with Crippen LogP contribution in [0.5, 0.6) is 5.75 Å². The van der Waals surface area contributed by atoms with E-state index in [4.69, 9.17) is 0 Å². The van der Waals surface area contributed by atoms with Crippen molar-refractivity contribution in [2.45, 2.75) is 44.5 Å². The molecule has 0 fully saturated rings. The Morgan fingerprint density at radius 3 is 2.11 bits per heavy atom. The number of benzene rings is 2. The van der Waals surface area contributed by atoms with Crippen LogP contribution in [-0.4, -0.2) is 13.9 Å². The molecular formula is C19H22F3IO3S. The normalized spacial score (nSPS) is 11.7. The Morgan fingerprint density at radius 2 is 1.48 bits per heavy atom. The highest BCUT2D eigenvalue weighted by atomic mass is 127. The van der Waals surface area contributed by atoms with Crippen LogP contribution in [0, 0.1) is 0 Å². The van der Waals surface area contributed by atoms with E-state index >= 15 is 0 Å². The SMILES string of the molecule is CCCCCCc1ccccc1-c1ccccc1OS(=O)(=O)C(F)(F)F.I. The first kappa shape index (κ1) is 23.7. The molecule has 0 aromatic heterocycles. The van der Waals surface area contributed by atoms with Crippen LogP contribution in [0.2, 0.25) is 0 Å². The number of para-hydroxylation sites is 1. The smallest absolute Gasteiger partial charge is 0.375 e. The minimum Gasteiger partial charge on any atom is -0.375 e. The van der Waals surface area contributed by atoms with Gasteiger partial charge in [-0.2, -0.15) is 21.6 Å². The van der Waals surface area contributed by atoms with Crippen molar-refractivity contribution in [1.82, 2.24) is 0 Å². The maximum absolute atomic E-state index is 12.7. The van der Waals surface area contributed by atoms with Gasteiger partial charge in [0.2, 0.25) is 0 Å². The predicted molar refractivity (Wildman–Crippen MR) is 111 cm³/mol. The molecule has 2 aromatic rings. The molecular weight excluding hydrogens is 492 g/mol. The molecule has 0 bridgehead atoms. The molecule has 0 heterocycles. The highest BCUT2D eigenvalue weighted by Gasteiger charge is 2.48. The molecule has 0 aliphatic heterocycles. The standard InChI is InChI=1S/C19H21F3O3S.HI/c1-2-3-4-5-10-15-11-6-7-12-16(15)17-13-8-9-14-18(17)25-26(23,24)19(20,21)22;/h6-9,11-14H,2-5,10H2,1H3;1H. The minimum absolute atomic E-state index is 0. The van der Waals surface area contributed by atoms with Crippen molar-refractivity contribution < 1.29 is 25.8 Å². The lowest BCUT2D eigenvalue weighted by Crippen LogP contribution is -2.28. The summed E-state index contributed by atoms with van der Waals surface area (Å²) in [6.45, 7) is 2.11. The fourth-order valence-electron chi connectivity index (χ4n) is 2.67. The molecule has 0 N–H and O–H groups in total. The van der Waals surface area contributed by atoms with Crippen molar-refractivity contribution >= 4 is 34.1 Å². The molecule has 0 saturated carbocycles. The fourth-order valence-corrected chi connectivity index (χ4v) is 3.15. The van der Waals surface area contributed by atoms with E-state index in [0.717, 1.165) is 37.7 Å². The first-order chi connectivity index (χ1) is 12.3. The maximum Gasteiger partial charge on any atom is 0.534 e. The van der Waals surface area contributed by atoms with Crippen molar-refractivity contribution in [3.8, 4) is 16.9 Å². The molecule has 150 valence electrons. The molecule has 27 heavy (non-hydrogen) atoms. The molecule has 2 rings (SSSR count). The largest absolute Gasteiger partial charge is 0.534 e. The van der Waals surface area contributed by atoms with E-state index in [2.05, 4.69) is 11.1 Å². The first-order valence-electron chi connectivity index (χ1n) is 8.44. The van der Waals surface area contributed by atoms with Crippen LogP contribution < -0.4 is 4.18 Å². The van der Waals surface area contributed by atoms with Gasteiger partial charge >= 0.3 is 15.6 Å². The Hall–Kier alpha value is -1.29. The third-order valence-corrected chi connectivity index (χ3v) is 4.94. The van der Waals surface area contributed by atoms with Crippen molar-refractivity contribution in [3.63, 3.8) is 0 Å². The van der Waals surface area contributed by atoms with E-state index in [0.29, 0.717) is 11.1 Å². The second kappa shape index (κ2) is 10.3. The van der Waals surface area contributed by atoms with Crippen molar-refractivity contribution in [1.29, 1.82) is 0 Å². The number of unbranched alkanes of at least 4 members (excludes halogenated alkanes) is 3. The number of aryl methyl sites for hydroxylation is 1. The Kier molecular flexibility index (Phi) is 9.07. The van der Waals surface area contributed by atoms with Gasteiger partial charge < -0.3 is 4.18 Å². The van der Waals surface area contributed by atoms with Gasteiger partial charge in [-0.15, -0.1) is 24.0 Å². The number of hydrogen-bond donors (Lipinski definition) is 0. The average molecular weight is 514 g/mol. The highest BCUT2D eigenvalue weighted by Crippen LogP contribution is 2.36. The Labute approximate surface area is 175 Å². The lowest BCUT2D eigenvalue weighted by atomic mass is 9.95. The van der Waals surface area contributed by atoms with Crippen LogP contribution in [0.3, 0.4) is 0 Å². The van der Waals surface area contributed by atoms with E-state index in [1.54, 1.807) is 24.3 Å². The second-order valence-electron chi connectivity index (χ2n) is 5.95. The molecule has 0 saturated heterocycles. The zero-order valence-electron chi connectivity index (χ0n) is 14.8. The van der Waals surface area contributed by atoms with E-state index in [1.807, 2.05) is 12.1 Å². The van der Waals surface area contributed by atoms with Crippen molar-refractivity contribution in [2.24, 2.45) is 0 Å². The lowest BCUT2D eigenvalue weighted by molar-refractivity contribution is -0.0499. The van der Waals surface area contributed by atoms with Crippen LogP contribution in [0.1, 0.15) is 38.2 Å². The van der Waals surface area contributed by atoms with Gasteiger partial charge in [0.15, 0.2) is 5.75 Å². The van der Waals surface area contributed by atoms with Crippen molar-refractivity contribution in [2.75, 3.05) is 0 Å². The number of hydrogen-bond acceptors (Lipinski definition) is 3. The summed E-state index contributed by atoms with van der Waals surface area (Å²) < 4.78 is 65.1. The summed E-state index contributed by atoms with van der Waals surface area (Å²) in [6, 6.07) is 13.1. The van der Waals surface area contributed by atoms with Crippen LogP contribution in [0.4, 0.5) is 13.2 Å². The number of alkyl halides is 3. The van der Waals surface area contributed by atoms with Crippen LogP contribution in [0.25, 0.3) is 11.1 Å². The van der Waals surface area contributed by atoms with Crippen LogP contribution >= 0.6 is 24.0 Å². The average Bonchev–Trinajstić information content (AvgIpc) is 2.58. The van der Waals surface area contributed by atoms with Gasteiger partial charge in [-0.05, 0) is 30.0 Å². The van der Waals surface area contributed by atoms with Crippen LogP contribution in [-0.2, 0) is 16.5 Å². The molecule has 8 heteroatoms. The number of rotatable bonds is 8. The van der Waals surface area contributed by atoms with E-state index in [-0.39, 0.29) is 29.7 Å². The third kappa shape index (κ3) is 6.38. The molecule has 0 radical (unpaired) electrons. The summed E-state index contributed by atoms with van der Waals surface area (Å²) >= 11 is 0. The van der Waals surface area contributed by atoms with E-state index in [9.17, 15) is 21.6 Å². The summed E-state index contributed by atoms with van der Waals surface area (Å²) in [5, 5.41) is 0.